The first kappa shape index (κ1) is 16.4. The van der Waals surface area contributed by atoms with Crippen LogP contribution in [0.2, 0.25) is 5.15 Å². The highest BCUT2D eigenvalue weighted by Crippen LogP contribution is 2.13. The second-order valence-corrected chi connectivity index (χ2v) is 5.40. The first-order valence-corrected chi connectivity index (χ1v) is 6.91. The van der Waals surface area contributed by atoms with Crippen molar-refractivity contribution in [2.75, 3.05) is 0 Å². The van der Waals surface area contributed by atoms with Gasteiger partial charge in [-0.05, 0) is 30.9 Å². The number of halogens is 1. The van der Waals surface area contributed by atoms with Crippen LogP contribution in [0.3, 0.4) is 0 Å². The lowest BCUT2D eigenvalue weighted by atomic mass is 10.0. The number of carboxylic acid groups (broad SMARTS) is 1. The Kier molecular flexibility index (Phi) is 5.95. The molecule has 0 aliphatic rings. The Morgan fingerprint density at radius 3 is 2.55 bits per heavy atom. The van der Waals surface area contributed by atoms with Gasteiger partial charge >= 0.3 is 5.97 Å². The summed E-state index contributed by atoms with van der Waals surface area (Å²) in [5.74, 6) is -1.32. The van der Waals surface area contributed by atoms with Gasteiger partial charge in [0.1, 0.15) is 11.2 Å². The van der Waals surface area contributed by atoms with Gasteiger partial charge in [0.2, 0.25) is 0 Å². The van der Waals surface area contributed by atoms with Crippen LogP contribution in [-0.4, -0.2) is 28.0 Å². The van der Waals surface area contributed by atoms with Gasteiger partial charge in [0.15, 0.2) is 0 Å². The predicted molar refractivity (Wildman–Crippen MR) is 77.0 cm³/mol. The van der Waals surface area contributed by atoms with Gasteiger partial charge in [-0.25, -0.2) is 9.78 Å². The zero-order valence-electron chi connectivity index (χ0n) is 11.8. The molecule has 0 fully saturated rings. The van der Waals surface area contributed by atoms with Crippen LogP contribution in [0.5, 0.6) is 0 Å². The maximum absolute atomic E-state index is 12.1. The molecule has 5 nitrogen and oxygen atoms in total. The third-order valence-electron chi connectivity index (χ3n) is 2.78. The summed E-state index contributed by atoms with van der Waals surface area (Å²) in [6.45, 7) is 5.71. The molecule has 0 bridgehead atoms. The third kappa shape index (κ3) is 4.81. The predicted octanol–water partition coefficient (Wildman–Crippen LogP) is 2.53. The smallest absolute Gasteiger partial charge is 0.326 e. The summed E-state index contributed by atoms with van der Waals surface area (Å²) < 4.78 is 0. The number of rotatable bonds is 6. The van der Waals surface area contributed by atoms with E-state index in [1.54, 1.807) is 6.07 Å². The number of carboxylic acids is 1. The van der Waals surface area contributed by atoms with Gasteiger partial charge in [-0.3, -0.25) is 4.79 Å². The first-order chi connectivity index (χ1) is 9.33. The molecule has 0 saturated heterocycles. The van der Waals surface area contributed by atoms with Crippen LogP contribution in [0, 0.1) is 5.92 Å². The van der Waals surface area contributed by atoms with E-state index >= 15 is 0 Å². The number of hydrogen-bond acceptors (Lipinski definition) is 3. The Hall–Kier alpha value is -1.62. The van der Waals surface area contributed by atoms with E-state index in [0.717, 1.165) is 0 Å². The fourth-order valence-electron chi connectivity index (χ4n) is 1.80. The van der Waals surface area contributed by atoms with Crippen molar-refractivity contribution >= 4 is 23.5 Å². The molecule has 1 aromatic rings. The Balaban J connectivity index is 2.88. The molecule has 1 rings (SSSR count). The SMILES string of the molecule is CCc1cc(C(=O)N[C@H](CC(C)C)C(=O)O)cc(Cl)n1. The van der Waals surface area contributed by atoms with Crippen LogP contribution < -0.4 is 5.32 Å². The number of aryl methyl sites for hydroxylation is 1. The van der Waals surface area contributed by atoms with Crippen LogP contribution in [-0.2, 0) is 11.2 Å². The van der Waals surface area contributed by atoms with Crippen molar-refractivity contribution in [2.45, 2.75) is 39.7 Å². The zero-order valence-corrected chi connectivity index (χ0v) is 12.6. The minimum Gasteiger partial charge on any atom is -0.480 e. The average Bonchev–Trinajstić information content (AvgIpc) is 2.36. The minimum absolute atomic E-state index is 0.170. The highest BCUT2D eigenvalue weighted by molar-refractivity contribution is 6.29. The van der Waals surface area contributed by atoms with Crippen molar-refractivity contribution in [3.05, 3.63) is 28.5 Å². The minimum atomic E-state index is -1.04. The van der Waals surface area contributed by atoms with Crippen molar-refractivity contribution < 1.29 is 14.7 Å². The first-order valence-electron chi connectivity index (χ1n) is 6.53. The number of nitrogens with one attached hydrogen (secondary N) is 1. The van der Waals surface area contributed by atoms with Crippen LogP contribution in [0.1, 0.15) is 43.2 Å². The summed E-state index contributed by atoms with van der Waals surface area (Å²) in [5, 5.41) is 11.9. The molecule has 110 valence electrons. The van der Waals surface area contributed by atoms with Gasteiger partial charge in [0.05, 0.1) is 0 Å². The largest absolute Gasteiger partial charge is 0.480 e. The van der Waals surface area contributed by atoms with E-state index in [9.17, 15) is 9.59 Å². The molecule has 1 amide bonds. The number of hydrogen-bond donors (Lipinski definition) is 2. The van der Waals surface area contributed by atoms with E-state index < -0.39 is 17.9 Å². The van der Waals surface area contributed by atoms with E-state index in [1.165, 1.54) is 6.07 Å². The quantitative estimate of drug-likeness (QED) is 0.791. The molecular weight excluding hydrogens is 280 g/mol. The van der Waals surface area contributed by atoms with Crippen molar-refractivity contribution in [3.63, 3.8) is 0 Å². The summed E-state index contributed by atoms with van der Waals surface area (Å²) in [6.07, 6.45) is 1.02. The van der Waals surface area contributed by atoms with Crippen LogP contribution >= 0.6 is 11.6 Å². The Labute approximate surface area is 123 Å². The average molecular weight is 299 g/mol. The molecular formula is C14H19ClN2O3. The summed E-state index contributed by atoms with van der Waals surface area (Å²) in [7, 11) is 0. The van der Waals surface area contributed by atoms with Gasteiger partial charge in [0.25, 0.3) is 5.91 Å². The van der Waals surface area contributed by atoms with Gasteiger partial charge in [-0.15, -0.1) is 0 Å². The lowest BCUT2D eigenvalue weighted by Gasteiger charge is -2.16. The van der Waals surface area contributed by atoms with Crippen LogP contribution in [0.4, 0.5) is 0 Å². The standard InChI is InChI=1S/C14H19ClN2O3/c1-4-10-6-9(7-12(15)16-10)13(18)17-11(14(19)20)5-8(2)3/h6-8,11H,4-5H2,1-3H3,(H,17,18)(H,19,20)/t11-/m1/s1. The second kappa shape index (κ2) is 7.24. The molecule has 1 aromatic heterocycles. The lowest BCUT2D eigenvalue weighted by Crippen LogP contribution is -2.41. The van der Waals surface area contributed by atoms with Crippen molar-refractivity contribution in [2.24, 2.45) is 5.92 Å². The maximum Gasteiger partial charge on any atom is 0.326 e. The van der Waals surface area contributed by atoms with Crippen molar-refractivity contribution in [1.82, 2.24) is 10.3 Å². The molecule has 0 aliphatic carbocycles. The van der Waals surface area contributed by atoms with Crippen LogP contribution in [0.25, 0.3) is 0 Å². The highest BCUT2D eigenvalue weighted by atomic mass is 35.5. The molecule has 20 heavy (non-hydrogen) atoms. The van der Waals surface area contributed by atoms with Crippen molar-refractivity contribution in [3.8, 4) is 0 Å². The fourth-order valence-corrected chi connectivity index (χ4v) is 2.02. The summed E-state index contributed by atoms with van der Waals surface area (Å²) >= 11 is 5.85. The molecule has 0 spiro atoms. The highest BCUT2D eigenvalue weighted by Gasteiger charge is 2.22. The molecule has 6 heteroatoms. The van der Waals surface area contributed by atoms with Gasteiger partial charge in [-0.2, -0.15) is 0 Å². The number of amides is 1. The Morgan fingerprint density at radius 1 is 1.40 bits per heavy atom. The van der Waals surface area contributed by atoms with Gasteiger partial charge < -0.3 is 10.4 Å². The van der Waals surface area contributed by atoms with E-state index in [2.05, 4.69) is 10.3 Å². The van der Waals surface area contributed by atoms with Crippen LogP contribution in [0.15, 0.2) is 12.1 Å². The fraction of sp³-hybridized carbons (Fsp3) is 0.500. The Bertz CT molecular complexity index is 503. The molecule has 0 unspecified atom stereocenters. The summed E-state index contributed by atoms with van der Waals surface area (Å²) in [5.41, 5.74) is 1.02. The topological polar surface area (TPSA) is 79.3 Å². The van der Waals surface area contributed by atoms with E-state index in [-0.39, 0.29) is 11.1 Å². The number of carbonyl (C=O) groups excluding carboxylic acids is 1. The molecule has 0 radical (unpaired) electrons. The Morgan fingerprint density at radius 2 is 2.05 bits per heavy atom. The maximum atomic E-state index is 12.1. The van der Waals surface area contributed by atoms with E-state index in [1.807, 2.05) is 20.8 Å². The molecule has 1 atom stereocenters. The number of aliphatic carboxylic acids is 1. The zero-order chi connectivity index (χ0) is 15.3. The lowest BCUT2D eigenvalue weighted by molar-refractivity contribution is -0.139. The van der Waals surface area contributed by atoms with Gasteiger partial charge in [0, 0.05) is 11.3 Å². The van der Waals surface area contributed by atoms with E-state index in [0.29, 0.717) is 24.1 Å². The number of aromatic nitrogens is 1. The number of nitrogens with zero attached hydrogens (tertiary/aromatic N) is 1. The number of carbonyl (C=O) groups is 2. The molecule has 0 saturated carbocycles. The summed E-state index contributed by atoms with van der Waals surface area (Å²) in [4.78, 5) is 27.3. The third-order valence-corrected chi connectivity index (χ3v) is 2.98. The van der Waals surface area contributed by atoms with Gasteiger partial charge in [-0.1, -0.05) is 32.4 Å². The second-order valence-electron chi connectivity index (χ2n) is 5.02. The van der Waals surface area contributed by atoms with E-state index in [4.69, 9.17) is 16.7 Å². The van der Waals surface area contributed by atoms with Crippen molar-refractivity contribution in [1.29, 1.82) is 0 Å². The normalized spacial score (nSPS) is 12.2. The molecule has 0 aliphatic heterocycles. The monoisotopic (exact) mass is 298 g/mol. The molecule has 0 aromatic carbocycles. The number of pyridine rings is 1. The molecule has 2 N–H and O–H groups in total. The summed E-state index contributed by atoms with van der Waals surface area (Å²) in [6, 6.07) is 2.15. The molecule has 1 heterocycles.